The van der Waals surface area contributed by atoms with E-state index >= 15 is 0 Å². The third kappa shape index (κ3) is 6.74. The highest BCUT2D eigenvalue weighted by Gasteiger charge is 2.10. The molecule has 3 rings (SSSR count). The van der Waals surface area contributed by atoms with Gasteiger partial charge in [0, 0.05) is 29.2 Å². The van der Waals surface area contributed by atoms with Crippen LogP contribution in [0.5, 0.6) is 17.4 Å². The number of rotatable bonds is 10. The summed E-state index contributed by atoms with van der Waals surface area (Å²) < 4.78 is 10.9. The third-order valence-corrected chi connectivity index (χ3v) is 5.17. The Labute approximate surface area is 196 Å². The van der Waals surface area contributed by atoms with Crippen molar-refractivity contribution in [1.82, 2.24) is 10.4 Å². The maximum atomic E-state index is 12.0. The quantitative estimate of drug-likeness (QED) is 0.195. The van der Waals surface area contributed by atoms with E-state index in [1.165, 1.54) is 49.4 Å². The predicted molar refractivity (Wildman–Crippen MR) is 124 cm³/mol. The summed E-state index contributed by atoms with van der Waals surface area (Å²) in [6.45, 7) is 0. The van der Waals surface area contributed by atoms with Crippen molar-refractivity contribution in [1.29, 1.82) is 0 Å². The summed E-state index contributed by atoms with van der Waals surface area (Å²) in [5.74, 6) is 0.584. The normalized spacial score (nSPS) is 10.6. The topological polar surface area (TPSA) is 159 Å². The van der Waals surface area contributed by atoms with Gasteiger partial charge in [-0.3, -0.25) is 25.0 Å². The lowest BCUT2D eigenvalue weighted by Gasteiger charge is -2.10. The number of hydrogen-bond donors (Lipinski definition) is 1. The fourth-order valence-electron chi connectivity index (χ4n) is 2.53. The molecule has 0 bridgehead atoms. The van der Waals surface area contributed by atoms with Gasteiger partial charge in [-0.1, -0.05) is 0 Å². The van der Waals surface area contributed by atoms with Crippen LogP contribution in [-0.2, 0) is 4.79 Å². The molecule has 3 aromatic rings. The third-order valence-electron chi connectivity index (χ3n) is 4.15. The SMILES string of the molecule is COc1cc(/C=N\NC(=O)CSc2ccc([N+](=O)[O-])cc2)ccc1Oc1ccc([N+](=O)[O-])cn1. The number of pyridine rings is 1. The zero-order valence-corrected chi connectivity index (χ0v) is 18.4. The molecule has 12 nitrogen and oxygen atoms in total. The molecule has 1 N–H and O–H groups in total. The number of carbonyl (C=O) groups excluding carboxylic acids is 1. The highest BCUT2D eigenvalue weighted by atomic mass is 32.2. The molecular weight excluding hydrogens is 466 g/mol. The van der Waals surface area contributed by atoms with Crippen LogP contribution in [-0.4, -0.2) is 39.8 Å². The summed E-state index contributed by atoms with van der Waals surface area (Å²) >= 11 is 1.22. The van der Waals surface area contributed by atoms with Crippen LogP contribution in [0.1, 0.15) is 5.56 Å². The maximum Gasteiger partial charge on any atom is 0.287 e. The number of carbonyl (C=O) groups is 1. The van der Waals surface area contributed by atoms with Crippen molar-refractivity contribution in [3.05, 3.63) is 86.6 Å². The summed E-state index contributed by atoms with van der Waals surface area (Å²) in [6, 6.07) is 13.4. The Morgan fingerprint density at radius 1 is 1.06 bits per heavy atom. The minimum absolute atomic E-state index is 0.0192. The summed E-state index contributed by atoms with van der Waals surface area (Å²) in [5, 5.41) is 25.3. The number of nitro groups is 2. The van der Waals surface area contributed by atoms with Crippen molar-refractivity contribution in [2.24, 2.45) is 5.10 Å². The van der Waals surface area contributed by atoms with Gasteiger partial charge in [0.2, 0.25) is 11.8 Å². The highest BCUT2D eigenvalue weighted by Crippen LogP contribution is 2.31. The maximum absolute atomic E-state index is 12.0. The van der Waals surface area contributed by atoms with Crippen molar-refractivity contribution >= 4 is 35.3 Å². The number of methoxy groups -OCH3 is 1. The molecule has 0 radical (unpaired) electrons. The molecule has 0 saturated carbocycles. The van der Waals surface area contributed by atoms with Crippen LogP contribution in [0, 0.1) is 20.2 Å². The molecule has 2 aromatic carbocycles. The van der Waals surface area contributed by atoms with Crippen molar-refractivity contribution in [3.63, 3.8) is 0 Å². The number of hydrazone groups is 1. The molecule has 34 heavy (non-hydrogen) atoms. The van der Waals surface area contributed by atoms with Crippen molar-refractivity contribution in [2.45, 2.75) is 4.90 Å². The number of benzene rings is 2. The first-order valence-electron chi connectivity index (χ1n) is 9.51. The number of nitro benzene ring substituents is 1. The number of non-ortho nitro benzene ring substituents is 1. The van der Waals surface area contributed by atoms with Crippen LogP contribution >= 0.6 is 11.8 Å². The zero-order valence-electron chi connectivity index (χ0n) is 17.6. The van der Waals surface area contributed by atoms with E-state index in [0.29, 0.717) is 22.0 Å². The van der Waals surface area contributed by atoms with E-state index in [1.54, 1.807) is 30.3 Å². The van der Waals surface area contributed by atoms with Crippen LogP contribution < -0.4 is 14.9 Å². The van der Waals surface area contributed by atoms with Gasteiger partial charge in [-0.15, -0.1) is 11.8 Å². The first kappa shape index (κ1) is 24.1. The van der Waals surface area contributed by atoms with E-state index < -0.39 is 9.85 Å². The Morgan fingerprint density at radius 2 is 1.76 bits per heavy atom. The molecule has 0 atom stereocenters. The van der Waals surface area contributed by atoms with Crippen molar-refractivity contribution in [3.8, 4) is 17.4 Å². The molecule has 0 spiro atoms. The number of nitrogens with one attached hydrogen (secondary N) is 1. The lowest BCUT2D eigenvalue weighted by molar-refractivity contribution is -0.385. The molecule has 1 aromatic heterocycles. The zero-order chi connectivity index (χ0) is 24.5. The number of ether oxygens (including phenoxy) is 2. The van der Waals surface area contributed by atoms with Gasteiger partial charge in [-0.25, -0.2) is 10.4 Å². The summed E-state index contributed by atoms with van der Waals surface area (Å²) in [6.07, 6.45) is 2.51. The second kappa shape index (κ2) is 11.4. The molecule has 174 valence electrons. The lowest BCUT2D eigenvalue weighted by Crippen LogP contribution is -2.19. The molecule has 0 saturated heterocycles. The van der Waals surface area contributed by atoms with E-state index in [4.69, 9.17) is 9.47 Å². The van der Waals surface area contributed by atoms with E-state index in [2.05, 4.69) is 15.5 Å². The Bertz CT molecular complexity index is 1220. The Balaban J connectivity index is 1.54. The Kier molecular flexibility index (Phi) is 8.07. The minimum Gasteiger partial charge on any atom is -0.493 e. The molecule has 0 aliphatic heterocycles. The van der Waals surface area contributed by atoms with Crippen molar-refractivity contribution in [2.75, 3.05) is 12.9 Å². The van der Waals surface area contributed by atoms with Gasteiger partial charge in [-0.05, 0) is 35.9 Å². The van der Waals surface area contributed by atoms with Gasteiger partial charge >= 0.3 is 0 Å². The first-order chi connectivity index (χ1) is 16.4. The molecule has 13 heteroatoms. The second-order valence-corrected chi connectivity index (χ2v) is 7.51. The minimum atomic E-state index is -0.557. The van der Waals surface area contributed by atoms with Crippen LogP contribution in [0.3, 0.4) is 0 Å². The van der Waals surface area contributed by atoms with E-state index in [-0.39, 0.29) is 28.9 Å². The number of thioether (sulfide) groups is 1. The molecule has 1 heterocycles. The van der Waals surface area contributed by atoms with Crippen LogP contribution in [0.15, 0.2) is 70.8 Å². The molecule has 1 amide bonds. The Hall–Kier alpha value is -4.52. The lowest BCUT2D eigenvalue weighted by atomic mass is 10.2. The van der Waals surface area contributed by atoms with E-state index in [1.807, 2.05) is 0 Å². The van der Waals surface area contributed by atoms with Gasteiger partial charge in [0.05, 0.1) is 28.9 Å². The standard InChI is InChI=1S/C21H17N5O7S/c1-32-19-10-14(2-8-18(19)33-21-9-5-16(12-22-21)26(30)31)11-23-24-20(27)13-34-17-6-3-15(4-7-17)25(28)29/h2-12H,13H2,1H3,(H,24,27)/b23-11-. The highest BCUT2D eigenvalue weighted by molar-refractivity contribution is 8.00. The molecule has 0 aliphatic carbocycles. The molecule has 0 fully saturated rings. The van der Waals surface area contributed by atoms with E-state index in [0.717, 1.165) is 6.20 Å². The van der Waals surface area contributed by atoms with Gasteiger partial charge in [0.15, 0.2) is 11.5 Å². The smallest absolute Gasteiger partial charge is 0.287 e. The summed E-state index contributed by atoms with van der Waals surface area (Å²) in [5.41, 5.74) is 2.84. The largest absolute Gasteiger partial charge is 0.493 e. The van der Waals surface area contributed by atoms with Crippen LogP contribution in [0.4, 0.5) is 11.4 Å². The molecular formula is C21H17N5O7S. The number of nitrogens with zero attached hydrogens (tertiary/aromatic N) is 4. The monoisotopic (exact) mass is 483 g/mol. The van der Waals surface area contributed by atoms with Crippen LogP contribution in [0.2, 0.25) is 0 Å². The average Bonchev–Trinajstić information content (AvgIpc) is 2.84. The van der Waals surface area contributed by atoms with Gasteiger partial charge in [-0.2, -0.15) is 5.10 Å². The fraction of sp³-hybridized carbons (Fsp3) is 0.0952. The second-order valence-electron chi connectivity index (χ2n) is 6.46. The first-order valence-corrected chi connectivity index (χ1v) is 10.5. The van der Waals surface area contributed by atoms with Crippen LogP contribution in [0.25, 0.3) is 0 Å². The van der Waals surface area contributed by atoms with E-state index in [9.17, 15) is 25.0 Å². The number of hydrogen-bond acceptors (Lipinski definition) is 10. The number of aromatic nitrogens is 1. The molecule has 0 aliphatic rings. The molecule has 0 unspecified atom stereocenters. The average molecular weight is 483 g/mol. The van der Waals surface area contributed by atoms with Gasteiger partial charge < -0.3 is 9.47 Å². The summed E-state index contributed by atoms with van der Waals surface area (Å²) in [4.78, 5) is 36.9. The van der Waals surface area contributed by atoms with Gasteiger partial charge in [0.25, 0.3) is 11.4 Å². The van der Waals surface area contributed by atoms with Gasteiger partial charge in [0.1, 0.15) is 6.20 Å². The summed E-state index contributed by atoms with van der Waals surface area (Å²) in [7, 11) is 1.45. The van der Waals surface area contributed by atoms with Crippen molar-refractivity contribution < 1.29 is 24.1 Å². The predicted octanol–water partition coefficient (Wildman–Crippen LogP) is 3.94. The number of amides is 1. The fourth-order valence-corrected chi connectivity index (χ4v) is 3.22. The Morgan fingerprint density at radius 3 is 2.38 bits per heavy atom.